The second-order valence-corrected chi connectivity index (χ2v) is 8.21. The number of rotatable bonds is 7. The third-order valence-corrected chi connectivity index (χ3v) is 5.46. The van der Waals surface area contributed by atoms with E-state index in [2.05, 4.69) is 0 Å². The van der Waals surface area contributed by atoms with Crippen molar-refractivity contribution in [2.24, 2.45) is 0 Å². The van der Waals surface area contributed by atoms with E-state index in [1.165, 1.54) is 0 Å². The van der Waals surface area contributed by atoms with Crippen molar-refractivity contribution in [3.63, 3.8) is 0 Å². The second-order valence-electron chi connectivity index (χ2n) is 7.10. The monoisotopic (exact) mass is 430 g/mol. The van der Waals surface area contributed by atoms with Gasteiger partial charge >= 0.3 is 0 Å². The Labute approximate surface area is 184 Å². The van der Waals surface area contributed by atoms with Gasteiger partial charge in [0, 0.05) is 0 Å². The Morgan fingerprint density at radius 1 is 0.548 bits per heavy atom. The van der Waals surface area contributed by atoms with Gasteiger partial charge in [-0.05, 0) is 97.8 Å². The lowest BCUT2D eigenvalue weighted by molar-refractivity contribution is 0.480. The van der Waals surface area contributed by atoms with Gasteiger partial charge in [0.1, 0.15) is 28.7 Å². The topological polar surface area (TPSA) is 44.8 Å². The number of aryl methyl sites for hydroxylation is 2. The van der Waals surface area contributed by atoms with Crippen molar-refractivity contribution in [1.29, 1.82) is 0 Å². The number of ether oxygens (including phenoxy) is 2. The fourth-order valence-electron chi connectivity index (χ4n) is 2.95. The molecule has 1 unspecified atom stereocenters. The van der Waals surface area contributed by atoms with E-state index in [-0.39, 0.29) is 0 Å². The Kier molecular flexibility index (Phi) is 6.34. The molecule has 0 aliphatic carbocycles. The highest BCUT2D eigenvalue weighted by Gasteiger charge is 2.08. The van der Waals surface area contributed by atoms with Crippen LogP contribution in [0.5, 0.6) is 28.7 Å². The quantitative estimate of drug-likeness (QED) is 0.317. The minimum Gasteiger partial charge on any atom is -0.457 e. The molecule has 0 saturated heterocycles. The van der Waals surface area contributed by atoms with Gasteiger partial charge in [0.25, 0.3) is 0 Å². The first-order valence-electron chi connectivity index (χ1n) is 9.84. The van der Waals surface area contributed by atoms with Crippen molar-refractivity contribution >= 4 is 11.1 Å². The molecule has 4 nitrogen and oxygen atoms in total. The van der Waals surface area contributed by atoms with E-state index < -0.39 is 11.1 Å². The average molecular weight is 431 g/mol. The predicted octanol–water partition coefficient (Wildman–Crippen LogP) is 6.99. The largest absolute Gasteiger partial charge is 0.457 e. The van der Waals surface area contributed by atoms with Crippen LogP contribution in [-0.2, 0) is 11.1 Å². The van der Waals surface area contributed by atoms with Gasteiger partial charge in [-0.15, -0.1) is 0 Å². The van der Waals surface area contributed by atoms with E-state index >= 15 is 0 Å². The van der Waals surface area contributed by atoms with Gasteiger partial charge in [-0.3, -0.25) is 0 Å². The van der Waals surface area contributed by atoms with E-state index in [1.807, 2.05) is 62.4 Å². The van der Waals surface area contributed by atoms with Gasteiger partial charge in [0.05, 0.1) is 4.90 Å². The Bertz CT molecular complexity index is 1180. The van der Waals surface area contributed by atoms with E-state index in [0.717, 1.165) is 22.6 Å². The molecule has 1 atom stereocenters. The van der Waals surface area contributed by atoms with Gasteiger partial charge in [-0.2, -0.15) is 0 Å². The van der Waals surface area contributed by atoms with Crippen LogP contribution in [0.3, 0.4) is 0 Å². The summed E-state index contributed by atoms with van der Waals surface area (Å²) in [6, 6.07) is 29.7. The molecule has 0 spiro atoms. The molecule has 0 amide bonds. The van der Waals surface area contributed by atoms with Crippen LogP contribution in [0.4, 0.5) is 0 Å². The maximum Gasteiger partial charge on any atom is 0.240 e. The summed E-state index contributed by atoms with van der Waals surface area (Å²) in [5.74, 6) is 3.38. The average Bonchev–Trinajstić information content (AvgIpc) is 2.76. The van der Waals surface area contributed by atoms with Crippen LogP contribution in [0.25, 0.3) is 0 Å². The number of hydrogen-bond acceptors (Lipinski definition) is 4. The van der Waals surface area contributed by atoms with Crippen molar-refractivity contribution in [3.05, 3.63) is 108 Å². The molecule has 0 N–H and O–H groups in total. The summed E-state index contributed by atoms with van der Waals surface area (Å²) >= 11 is -1.64. The summed E-state index contributed by atoms with van der Waals surface area (Å²) in [5.41, 5.74) is 2.25. The Hall–Kier alpha value is -3.57. The minimum atomic E-state index is -1.64. The molecule has 156 valence electrons. The van der Waals surface area contributed by atoms with Gasteiger partial charge in [-0.25, -0.2) is 4.21 Å². The van der Waals surface area contributed by atoms with E-state index in [4.69, 9.17) is 13.7 Å². The molecule has 0 aliphatic rings. The fourth-order valence-corrected chi connectivity index (χ4v) is 3.69. The van der Waals surface area contributed by atoms with Crippen LogP contribution in [0.2, 0.25) is 0 Å². The van der Waals surface area contributed by atoms with Gasteiger partial charge in [0.2, 0.25) is 11.1 Å². The normalized spacial score (nSPS) is 11.5. The zero-order valence-corrected chi connectivity index (χ0v) is 18.1. The molecule has 0 fully saturated rings. The maximum atomic E-state index is 12.6. The smallest absolute Gasteiger partial charge is 0.240 e. The summed E-state index contributed by atoms with van der Waals surface area (Å²) in [7, 11) is 0. The molecule has 0 aromatic heterocycles. The highest BCUT2D eigenvalue weighted by atomic mass is 32.2. The van der Waals surface area contributed by atoms with E-state index in [9.17, 15) is 4.21 Å². The Morgan fingerprint density at radius 3 is 1.48 bits per heavy atom. The summed E-state index contributed by atoms with van der Waals surface area (Å²) < 4.78 is 29.8. The van der Waals surface area contributed by atoms with Gasteiger partial charge in [-0.1, -0.05) is 24.3 Å². The van der Waals surface area contributed by atoms with Crippen molar-refractivity contribution < 1.29 is 17.9 Å². The molecule has 0 bridgehead atoms. The molecule has 4 rings (SSSR count). The third kappa shape index (κ3) is 5.74. The van der Waals surface area contributed by atoms with Crippen molar-refractivity contribution in [3.8, 4) is 28.7 Å². The van der Waals surface area contributed by atoms with Crippen LogP contribution in [0.15, 0.2) is 102 Å². The molecule has 0 saturated carbocycles. The van der Waals surface area contributed by atoms with Crippen molar-refractivity contribution in [1.82, 2.24) is 0 Å². The number of hydrogen-bond donors (Lipinski definition) is 0. The lowest BCUT2D eigenvalue weighted by Crippen LogP contribution is -2.01. The highest BCUT2D eigenvalue weighted by molar-refractivity contribution is 7.80. The highest BCUT2D eigenvalue weighted by Crippen LogP contribution is 2.27. The third-order valence-electron chi connectivity index (χ3n) is 4.46. The molecular weight excluding hydrogens is 408 g/mol. The number of benzene rings is 4. The van der Waals surface area contributed by atoms with Crippen LogP contribution in [-0.4, -0.2) is 4.21 Å². The molecule has 4 aromatic rings. The zero-order chi connectivity index (χ0) is 21.6. The maximum absolute atomic E-state index is 12.6. The van der Waals surface area contributed by atoms with E-state index in [1.54, 1.807) is 48.5 Å². The molecular formula is C26H22O4S. The lowest BCUT2D eigenvalue weighted by Gasteiger charge is -2.09. The van der Waals surface area contributed by atoms with Crippen LogP contribution >= 0.6 is 0 Å². The lowest BCUT2D eigenvalue weighted by atomic mass is 10.2. The fraction of sp³-hybridized carbons (Fsp3) is 0.0769. The molecule has 0 aliphatic heterocycles. The second kappa shape index (κ2) is 9.49. The molecule has 4 aromatic carbocycles. The van der Waals surface area contributed by atoms with Gasteiger partial charge < -0.3 is 13.7 Å². The van der Waals surface area contributed by atoms with Gasteiger partial charge in [0.15, 0.2) is 0 Å². The van der Waals surface area contributed by atoms with Crippen LogP contribution in [0, 0.1) is 13.8 Å². The van der Waals surface area contributed by atoms with E-state index in [0.29, 0.717) is 22.1 Å². The molecule has 31 heavy (non-hydrogen) atoms. The standard InChI is InChI=1S/C26H22O4S/c1-19-5-3-7-24(17-19)28-21-9-11-23(12-10-21)30-31(27)26-15-13-22(14-16-26)29-25-8-4-6-20(2)18-25/h3-18H,1-2H3. The first-order valence-corrected chi connectivity index (χ1v) is 10.9. The first kappa shape index (κ1) is 20.7. The molecule has 0 radical (unpaired) electrons. The zero-order valence-electron chi connectivity index (χ0n) is 17.3. The van der Waals surface area contributed by atoms with Crippen LogP contribution in [0.1, 0.15) is 11.1 Å². The van der Waals surface area contributed by atoms with Crippen LogP contribution < -0.4 is 13.7 Å². The summed E-state index contributed by atoms with van der Waals surface area (Å²) in [6.07, 6.45) is 0. The van der Waals surface area contributed by atoms with Crippen molar-refractivity contribution in [2.75, 3.05) is 0 Å². The predicted molar refractivity (Wildman–Crippen MR) is 122 cm³/mol. The Balaban J connectivity index is 1.36. The Morgan fingerprint density at radius 2 is 1.00 bits per heavy atom. The first-order chi connectivity index (χ1) is 15.0. The van der Waals surface area contributed by atoms with Crippen molar-refractivity contribution in [2.45, 2.75) is 18.7 Å². The summed E-state index contributed by atoms with van der Waals surface area (Å²) in [6.45, 7) is 4.03. The SMILES string of the molecule is Cc1cccc(Oc2ccc(OS(=O)c3ccc(Oc4cccc(C)c4)cc3)cc2)c1. The molecule has 5 heteroatoms. The summed E-state index contributed by atoms with van der Waals surface area (Å²) in [4.78, 5) is 0.552. The molecule has 0 heterocycles. The minimum absolute atomic E-state index is 0.495. The summed E-state index contributed by atoms with van der Waals surface area (Å²) in [5, 5.41) is 0.